The smallest absolute Gasteiger partial charge is 0.232 e. The zero-order valence-electron chi connectivity index (χ0n) is 16.6. The third-order valence-electron chi connectivity index (χ3n) is 4.10. The topological polar surface area (TPSA) is 66.5 Å². The lowest BCUT2D eigenvalue weighted by atomic mass is 10.1. The lowest BCUT2D eigenvalue weighted by Crippen LogP contribution is -2.32. The van der Waals surface area contributed by atoms with Gasteiger partial charge in [-0.2, -0.15) is 0 Å². The molecular weight excluding hydrogens is 392 g/mol. The average Bonchev–Trinajstić information content (AvgIpc) is 2.61. The first-order valence-electron chi connectivity index (χ1n) is 9.26. The highest BCUT2D eigenvalue weighted by molar-refractivity contribution is 7.99. The molecule has 2 rings (SSSR count). The van der Waals surface area contributed by atoms with Crippen LogP contribution in [0, 0.1) is 13.8 Å². The highest BCUT2D eigenvalue weighted by Crippen LogP contribution is 2.22. The number of benzene rings is 2. The van der Waals surface area contributed by atoms with Crippen molar-refractivity contribution in [3.05, 3.63) is 59.7 Å². The van der Waals surface area contributed by atoms with Crippen LogP contribution in [0.1, 0.15) is 24.0 Å². The summed E-state index contributed by atoms with van der Waals surface area (Å²) in [5, 5.41) is 2.90. The van der Waals surface area contributed by atoms with Gasteiger partial charge in [0.05, 0.1) is 11.9 Å². The molecule has 0 atom stereocenters. The Morgan fingerprint density at radius 1 is 1.07 bits per heavy atom. The number of carbonyl (C=O) groups is 1. The first-order chi connectivity index (χ1) is 13.3. The van der Waals surface area contributed by atoms with Crippen LogP contribution in [0.3, 0.4) is 0 Å². The van der Waals surface area contributed by atoms with Crippen LogP contribution >= 0.6 is 11.8 Å². The van der Waals surface area contributed by atoms with Crippen LogP contribution in [0.4, 0.5) is 5.69 Å². The van der Waals surface area contributed by atoms with Crippen molar-refractivity contribution in [1.29, 1.82) is 0 Å². The number of thioether (sulfide) groups is 1. The fourth-order valence-electron chi connectivity index (χ4n) is 2.93. The van der Waals surface area contributed by atoms with Crippen molar-refractivity contribution >= 4 is 33.4 Å². The van der Waals surface area contributed by atoms with Crippen LogP contribution in [0.5, 0.6) is 0 Å². The van der Waals surface area contributed by atoms with E-state index in [1.54, 1.807) is 11.8 Å². The van der Waals surface area contributed by atoms with Gasteiger partial charge in [0.1, 0.15) is 0 Å². The van der Waals surface area contributed by atoms with Crippen LogP contribution in [0.15, 0.2) is 53.4 Å². The minimum atomic E-state index is -3.40. The maximum absolute atomic E-state index is 12.2. The minimum absolute atomic E-state index is 0.0532. The second kappa shape index (κ2) is 10.5. The van der Waals surface area contributed by atoms with Crippen molar-refractivity contribution < 1.29 is 13.2 Å². The van der Waals surface area contributed by atoms with E-state index >= 15 is 0 Å². The molecule has 0 aromatic heterocycles. The molecule has 0 fully saturated rings. The van der Waals surface area contributed by atoms with Gasteiger partial charge in [0.25, 0.3) is 0 Å². The normalized spacial score (nSPS) is 11.2. The predicted molar refractivity (Wildman–Crippen MR) is 118 cm³/mol. The van der Waals surface area contributed by atoms with Crippen molar-refractivity contribution in [2.75, 3.05) is 29.4 Å². The van der Waals surface area contributed by atoms with Crippen LogP contribution in [-0.4, -0.2) is 39.4 Å². The van der Waals surface area contributed by atoms with Gasteiger partial charge in [-0.05, 0) is 55.7 Å². The van der Waals surface area contributed by atoms with Gasteiger partial charge in [0.15, 0.2) is 0 Å². The summed E-state index contributed by atoms with van der Waals surface area (Å²) in [6, 6.07) is 15.8. The number of amides is 1. The zero-order valence-corrected chi connectivity index (χ0v) is 18.3. The molecular formula is C21H28N2O3S2. The van der Waals surface area contributed by atoms with Gasteiger partial charge >= 0.3 is 0 Å². The number of sulfonamides is 1. The minimum Gasteiger partial charge on any atom is -0.355 e. The van der Waals surface area contributed by atoms with Gasteiger partial charge in [0.2, 0.25) is 15.9 Å². The molecule has 7 heteroatoms. The van der Waals surface area contributed by atoms with Gasteiger partial charge in [0, 0.05) is 30.2 Å². The lowest BCUT2D eigenvalue weighted by molar-refractivity contribution is -0.121. The SMILES string of the molecule is Cc1cc(C)cc(N(CCCC(=O)NCCSc2ccccc2)S(C)(=O)=O)c1. The number of rotatable bonds is 10. The Kier molecular flexibility index (Phi) is 8.38. The first kappa shape index (κ1) is 22.3. The van der Waals surface area contributed by atoms with E-state index in [2.05, 4.69) is 5.32 Å². The number of nitrogens with one attached hydrogen (secondary N) is 1. The standard InChI is InChI=1S/C21H28N2O3S2/c1-17-14-18(2)16-19(15-17)23(28(3,25)26)12-7-10-21(24)22-11-13-27-20-8-5-4-6-9-20/h4-6,8-9,14-16H,7,10-13H2,1-3H3,(H,22,24). The van der Waals surface area contributed by atoms with E-state index in [1.807, 2.05) is 62.4 Å². The molecule has 0 aliphatic rings. The Hall–Kier alpha value is -1.99. The van der Waals surface area contributed by atoms with Crippen molar-refractivity contribution in [3.8, 4) is 0 Å². The molecule has 0 spiro atoms. The van der Waals surface area contributed by atoms with E-state index in [1.165, 1.54) is 15.5 Å². The second-order valence-corrected chi connectivity index (χ2v) is 9.87. The van der Waals surface area contributed by atoms with E-state index in [4.69, 9.17) is 0 Å². The van der Waals surface area contributed by atoms with Crippen LogP contribution in [0.2, 0.25) is 0 Å². The Morgan fingerprint density at radius 2 is 1.71 bits per heavy atom. The molecule has 0 heterocycles. The average molecular weight is 421 g/mol. The van der Waals surface area contributed by atoms with Crippen molar-refractivity contribution in [2.24, 2.45) is 0 Å². The van der Waals surface area contributed by atoms with Gasteiger partial charge in [-0.1, -0.05) is 24.3 Å². The van der Waals surface area contributed by atoms with Crippen LogP contribution < -0.4 is 9.62 Å². The van der Waals surface area contributed by atoms with Crippen molar-refractivity contribution in [1.82, 2.24) is 5.32 Å². The fraction of sp³-hybridized carbons (Fsp3) is 0.381. The number of hydrogen-bond donors (Lipinski definition) is 1. The molecule has 0 radical (unpaired) electrons. The summed E-state index contributed by atoms with van der Waals surface area (Å²) >= 11 is 1.69. The summed E-state index contributed by atoms with van der Waals surface area (Å²) in [6.45, 7) is 4.76. The Morgan fingerprint density at radius 3 is 2.32 bits per heavy atom. The van der Waals surface area contributed by atoms with Gasteiger partial charge in [-0.3, -0.25) is 9.10 Å². The van der Waals surface area contributed by atoms with E-state index in [0.29, 0.717) is 25.1 Å². The molecule has 0 aliphatic heterocycles. The number of anilines is 1. The molecule has 152 valence electrons. The van der Waals surface area contributed by atoms with Crippen LogP contribution in [-0.2, 0) is 14.8 Å². The Bertz CT molecular complexity index is 864. The summed E-state index contributed by atoms with van der Waals surface area (Å²) < 4.78 is 25.8. The monoisotopic (exact) mass is 420 g/mol. The lowest BCUT2D eigenvalue weighted by Gasteiger charge is -2.23. The summed E-state index contributed by atoms with van der Waals surface area (Å²) in [4.78, 5) is 13.2. The van der Waals surface area contributed by atoms with E-state index in [0.717, 1.165) is 16.9 Å². The summed E-state index contributed by atoms with van der Waals surface area (Å²) in [5.74, 6) is 0.746. The molecule has 0 aliphatic carbocycles. The van der Waals surface area contributed by atoms with E-state index in [-0.39, 0.29) is 12.5 Å². The molecule has 2 aromatic rings. The largest absolute Gasteiger partial charge is 0.355 e. The highest BCUT2D eigenvalue weighted by atomic mass is 32.2. The predicted octanol–water partition coefficient (Wildman–Crippen LogP) is 3.76. The molecule has 0 unspecified atom stereocenters. The number of aryl methyl sites for hydroxylation is 2. The molecule has 1 N–H and O–H groups in total. The number of carbonyl (C=O) groups excluding carboxylic acids is 1. The molecule has 0 saturated carbocycles. The Balaban J connectivity index is 1.79. The van der Waals surface area contributed by atoms with E-state index < -0.39 is 10.0 Å². The summed E-state index contributed by atoms with van der Waals surface area (Å²) in [7, 11) is -3.40. The second-order valence-electron chi connectivity index (χ2n) is 6.80. The van der Waals surface area contributed by atoms with Crippen LogP contribution in [0.25, 0.3) is 0 Å². The quantitative estimate of drug-likeness (QED) is 0.469. The van der Waals surface area contributed by atoms with E-state index in [9.17, 15) is 13.2 Å². The third-order valence-corrected chi connectivity index (χ3v) is 6.30. The highest BCUT2D eigenvalue weighted by Gasteiger charge is 2.18. The molecule has 5 nitrogen and oxygen atoms in total. The van der Waals surface area contributed by atoms with Gasteiger partial charge < -0.3 is 5.32 Å². The number of hydrogen-bond acceptors (Lipinski definition) is 4. The summed E-state index contributed by atoms with van der Waals surface area (Å²) in [6.07, 6.45) is 1.97. The van der Waals surface area contributed by atoms with Crippen molar-refractivity contribution in [3.63, 3.8) is 0 Å². The number of nitrogens with zero attached hydrogens (tertiary/aromatic N) is 1. The van der Waals surface area contributed by atoms with Crippen molar-refractivity contribution in [2.45, 2.75) is 31.6 Å². The maximum atomic E-state index is 12.2. The zero-order chi connectivity index (χ0) is 20.6. The maximum Gasteiger partial charge on any atom is 0.232 e. The Labute approximate surface area is 172 Å². The molecule has 28 heavy (non-hydrogen) atoms. The van der Waals surface area contributed by atoms with Gasteiger partial charge in [-0.15, -0.1) is 11.8 Å². The molecule has 0 bridgehead atoms. The first-order valence-corrected chi connectivity index (χ1v) is 12.1. The molecule has 1 amide bonds. The fourth-order valence-corrected chi connectivity index (χ4v) is 4.67. The molecule has 0 saturated heterocycles. The molecule has 2 aromatic carbocycles. The summed E-state index contributed by atoms with van der Waals surface area (Å²) in [5.41, 5.74) is 2.68. The van der Waals surface area contributed by atoms with Gasteiger partial charge in [-0.25, -0.2) is 8.42 Å². The third kappa shape index (κ3) is 7.56.